The number of primary amides is 1. The van der Waals surface area contributed by atoms with E-state index in [-0.39, 0.29) is 26.0 Å². The first-order chi connectivity index (χ1) is 31.5. The minimum Gasteiger partial charge on any atom is -0.481 e. The average Bonchev–Trinajstić information content (AvgIpc) is 3.17. The fourth-order valence-corrected chi connectivity index (χ4v) is 5.43. The summed E-state index contributed by atoms with van der Waals surface area (Å²) in [5, 5.41) is 21.1. The minimum absolute atomic E-state index is 0.129. The van der Waals surface area contributed by atoms with Crippen molar-refractivity contribution in [2.24, 2.45) is 11.5 Å². The van der Waals surface area contributed by atoms with Crippen LogP contribution in [0.2, 0.25) is 0 Å². The van der Waals surface area contributed by atoms with Gasteiger partial charge in [-0.3, -0.25) is 54.3 Å². The van der Waals surface area contributed by atoms with Crippen molar-refractivity contribution in [1.29, 1.82) is 0 Å². The number of hydrazine groups is 1. The van der Waals surface area contributed by atoms with Crippen molar-refractivity contribution in [3.05, 3.63) is 12.7 Å². The maximum absolute atomic E-state index is 14.0. The number of amides is 7. The van der Waals surface area contributed by atoms with Gasteiger partial charge in [0.05, 0.1) is 38.2 Å². The normalized spacial score (nSPS) is 14.4. The molecule has 0 aliphatic heterocycles. The maximum atomic E-state index is 14.0. The van der Waals surface area contributed by atoms with Gasteiger partial charge >= 0.3 is 24.0 Å². The lowest BCUT2D eigenvalue weighted by Gasteiger charge is -2.31. The van der Waals surface area contributed by atoms with Crippen LogP contribution in [0.15, 0.2) is 12.7 Å². The molecule has 0 aromatic heterocycles. The summed E-state index contributed by atoms with van der Waals surface area (Å²) in [6.07, 6.45) is -1.63. The predicted molar refractivity (Wildman–Crippen MR) is 248 cm³/mol. The van der Waals surface area contributed by atoms with E-state index in [9.17, 15) is 53.1 Å². The molecule has 25 heteroatoms. The van der Waals surface area contributed by atoms with Gasteiger partial charge in [-0.1, -0.05) is 6.08 Å². The molecule has 0 aliphatic rings. The lowest BCUT2D eigenvalue weighted by molar-refractivity contribution is -0.157. The molecule has 25 nitrogen and oxygen atoms in total. The highest BCUT2D eigenvalue weighted by molar-refractivity contribution is 5.97. The molecular weight excluding hydrogens is 911 g/mol. The number of aliphatic carboxylic acids is 1. The number of ether oxygens (including phenoxy) is 5. The highest BCUT2D eigenvalue weighted by atomic mass is 16.6. The number of nitrogens with one attached hydrogen (secondary N) is 7. The third-order valence-corrected chi connectivity index (χ3v) is 8.44. The van der Waals surface area contributed by atoms with Crippen LogP contribution < -0.4 is 48.9 Å². The molecule has 0 unspecified atom stereocenters. The molecule has 0 aromatic carbocycles. The lowest BCUT2D eigenvalue weighted by atomic mass is 10.1. The Bertz CT molecular complexity index is 1800. The molecule has 0 aliphatic carbocycles. The molecule has 69 heavy (non-hydrogen) atoms. The van der Waals surface area contributed by atoms with Crippen molar-refractivity contribution in [3.63, 3.8) is 0 Å². The van der Waals surface area contributed by atoms with Crippen LogP contribution in [0.1, 0.15) is 128 Å². The summed E-state index contributed by atoms with van der Waals surface area (Å²) in [6.45, 7) is 21.6. The number of esters is 2. The topological polar surface area (TPSA) is 373 Å². The molecular formula is C44H77N9O16. The van der Waals surface area contributed by atoms with Crippen LogP contribution in [0.4, 0.5) is 4.79 Å². The number of rotatable bonds is 29. The van der Waals surface area contributed by atoms with E-state index in [0.29, 0.717) is 6.42 Å². The molecule has 7 amide bonds. The van der Waals surface area contributed by atoms with Gasteiger partial charge in [-0.25, -0.2) is 10.2 Å². The summed E-state index contributed by atoms with van der Waals surface area (Å²) >= 11 is 0. The molecule has 0 bridgehead atoms. The number of carbonyl (C=O) groups excluding carboxylic acids is 9. The number of carboxylic acids is 1. The Labute approximate surface area is 403 Å². The van der Waals surface area contributed by atoms with E-state index >= 15 is 0 Å². The largest absolute Gasteiger partial charge is 0.481 e. The zero-order valence-corrected chi connectivity index (χ0v) is 42.1. The highest BCUT2D eigenvalue weighted by Crippen LogP contribution is 2.16. The Morgan fingerprint density at radius 3 is 1.65 bits per heavy atom. The molecule has 0 heterocycles. The monoisotopic (exact) mass is 988 g/mol. The van der Waals surface area contributed by atoms with E-state index in [4.69, 9.17) is 35.2 Å². The number of unbranched alkanes of at least 4 members (excludes halogenated alkanes) is 1. The van der Waals surface area contributed by atoms with Crippen molar-refractivity contribution in [1.82, 2.24) is 37.4 Å². The second-order valence-corrected chi connectivity index (χ2v) is 19.8. The standard InChI is InChI=1S/C44H77N9O16/c1-14-21-65-44(46,19-18-31(55)56)38(63)52-29(25-66-40(2,3)4)35(60)47-24-30(54)49-28(23-33(58)68-42(8,9)10)37(62)50-26(17-15-16-20-48-53-39(64)69-43(11,12)13)36(61)51-27(34(45)59)22-32(57)67-41(5,6)7/h14,26-29,48H,1,15-25,46H2,2-13H3,(H2,45,59)(H,47,60)(H,49,54)(H,50,62)(H,51,61)(H,52,63)(H,53,64)(H,55,56)/t26-,27+,28+,29-,44-/m1/s1. The number of carbonyl (C=O) groups is 10. The van der Waals surface area contributed by atoms with Crippen LogP contribution in [0, 0.1) is 0 Å². The van der Waals surface area contributed by atoms with Crippen LogP contribution in [0.25, 0.3) is 0 Å². The Balaban J connectivity index is 6.57. The molecule has 0 aromatic rings. The van der Waals surface area contributed by atoms with Crippen LogP contribution in [0.3, 0.4) is 0 Å². The summed E-state index contributed by atoms with van der Waals surface area (Å²) in [4.78, 5) is 130. The van der Waals surface area contributed by atoms with Gasteiger partial charge in [0.15, 0.2) is 5.72 Å². The van der Waals surface area contributed by atoms with Crippen molar-refractivity contribution in [2.75, 3.05) is 26.3 Å². The second kappa shape index (κ2) is 28.5. The first kappa shape index (κ1) is 63.1. The van der Waals surface area contributed by atoms with E-state index < -0.39 is 151 Å². The van der Waals surface area contributed by atoms with E-state index in [2.05, 4.69) is 44.0 Å². The third-order valence-electron chi connectivity index (χ3n) is 8.44. The molecule has 0 radical (unpaired) electrons. The summed E-state index contributed by atoms with van der Waals surface area (Å²) < 4.78 is 26.9. The van der Waals surface area contributed by atoms with Gasteiger partial charge in [0.2, 0.25) is 29.5 Å². The fraction of sp³-hybridized carbons (Fsp3) is 0.727. The molecule has 5 atom stereocenters. The van der Waals surface area contributed by atoms with Crippen LogP contribution >= 0.6 is 0 Å². The predicted octanol–water partition coefficient (Wildman–Crippen LogP) is -0.272. The molecule has 12 N–H and O–H groups in total. The van der Waals surface area contributed by atoms with Crippen molar-refractivity contribution >= 4 is 59.4 Å². The van der Waals surface area contributed by atoms with Crippen molar-refractivity contribution in [3.8, 4) is 0 Å². The maximum Gasteiger partial charge on any atom is 0.422 e. The first-order valence-electron chi connectivity index (χ1n) is 22.3. The molecule has 0 fully saturated rings. The van der Waals surface area contributed by atoms with Gasteiger partial charge in [0.1, 0.15) is 41.0 Å². The Morgan fingerprint density at radius 1 is 0.638 bits per heavy atom. The van der Waals surface area contributed by atoms with Gasteiger partial charge in [0, 0.05) is 19.4 Å². The van der Waals surface area contributed by atoms with Gasteiger partial charge < -0.3 is 61.1 Å². The Morgan fingerprint density at radius 2 is 1.16 bits per heavy atom. The van der Waals surface area contributed by atoms with Gasteiger partial charge in [0.25, 0.3) is 5.91 Å². The second-order valence-electron chi connectivity index (χ2n) is 19.8. The zero-order valence-electron chi connectivity index (χ0n) is 42.1. The summed E-state index contributed by atoms with van der Waals surface area (Å²) in [7, 11) is 0. The van der Waals surface area contributed by atoms with Gasteiger partial charge in [-0.05, 0) is 102 Å². The smallest absolute Gasteiger partial charge is 0.422 e. The summed E-state index contributed by atoms with van der Waals surface area (Å²) in [5.41, 5.74) is 10.9. The van der Waals surface area contributed by atoms with Crippen molar-refractivity contribution in [2.45, 2.75) is 180 Å². The average molecular weight is 988 g/mol. The number of hydrogen-bond donors (Lipinski definition) is 10. The van der Waals surface area contributed by atoms with E-state index in [0.717, 1.165) is 0 Å². The fourth-order valence-electron chi connectivity index (χ4n) is 5.43. The molecule has 0 spiro atoms. The van der Waals surface area contributed by atoms with Crippen LogP contribution in [0.5, 0.6) is 0 Å². The molecule has 0 saturated heterocycles. The number of nitrogens with two attached hydrogens (primary N) is 2. The van der Waals surface area contributed by atoms with Crippen LogP contribution in [-0.2, 0) is 66.8 Å². The lowest BCUT2D eigenvalue weighted by Crippen LogP contribution is -2.62. The quantitative estimate of drug-likeness (QED) is 0.0115. The molecule has 394 valence electrons. The molecule has 0 rings (SSSR count). The summed E-state index contributed by atoms with van der Waals surface area (Å²) in [5.74, 6) is -9.34. The first-order valence-corrected chi connectivity index (χ1v) is 22.3. The summed E-state index contributed by atoms with van der Waals surface area (Å²) in [6, 6.07) is -6.35. The van der Waals surface area contributed by atoms with E-state index in [1.807, 2.05) is 0 Å². The number of hydrogen-bond acceptors (Lipinski definition) is 17. The van der Waals surface area contributed by atoms with E-state index in [1.54, 1.807) is 83.1 Å². The van der Waals surface area contributed by atoms with Gasteiger partial charge in [-0.15, -0.1) is 6.58 Å². The number of carboxylic acid groups (broad SMARTS) is 1. The van der Waals surface area contributed by atoms with Crippen molar-refractivity contribution < 1.29 is 76.7 Å². The molecule has 0 saturated carbocycles. The highest BCUT2D eigenvalue weighted by Gasteiger charge is 2.39. The Hall–Kier alpha value is -5.92. The Kier molecular flexibility index (Phi) is 26.1. The SMILES string of the molecule is C=CCO[C@](N)(CCC(=O)O)C(=O)N[C@H](COC(C)(C)C)C(=O)NCC(=O)N[C@@H](CC(=O)OC(C)(C)C)C(=O)N[C@H](CCCCNNC(=O)OC(C)(C)C)C(=O)N[C@@H](CC(=O)OC(C)(C)C)C(N)=O. The van der Waals surface area contributed by atoms with E-state index in [1.165, 1.54) is 6.08 Å². The minimum atomic E-state index is -2.23. The zero-order chi connectivity index (χ0) is 53.6. The van der Waals surface area contributed by atoms with Gasteiger partial charge in [-0.2, -0.15) is 0 Å². The third kappa shape index (κ3) is 30.2. The van der Waals surface area contributed by atoms with Crippen LogP contribution in [-0.4, -0.2) is 143 Å².